The van der Waals surface area contributed by atoms with Crippen LogP contribution in [0.5, 0.6) is 0 Å². The second-order valence-corrected chi connectivity index (χ2v) is 11.6. The van der Waals surface area contributed by atoms with Crippen molar-refractivity contribution in [2.45, 2.75) is 43.2 Å². The summed E-state index contributed by atoms with van der Waals surface area (Å²) in [6.45, 7) is 1.89. The van der Waals surface area contributed by atoms with E-state index in [4.69, 9.17) is 10.7 Å². The van der Waals surface area contributed by atoms with Gasteiger partial charge in [-0.25, -0.2) is 4.39 Å². The number of aliphatic imine (C=N–C) groups is 1. The van der Waals surface area contributed by atoms with Crippen molar-refractivity contribution in [3.05, 3.63) is 76.7 Å². The molecule has 1 saturated heterocycles. The number of halogens is 1. The third kappa shape index (κ3) is 3.81. The maximum absolute atomic E-state index is 15.6. The highest BCUT2D eigenvalue weighted by Gasteiger charge is 2.58. The van der Waals surface area contributed by atoms with Gasteiger partial charge >= 0.3 is 0 Å². The number of benzene rings is 1. The molecule has 2 heterocycles. The Balaban J connectivity index is 1.10. The predicted molar refractivity (Wildman–Crippen MR) is 141 cm³/mol. The topological polar surface area (TPSA) is 99.2 Å². The van der Waals surface area contributed by atoms with Crippen molar-refractivity contribution in [3.63, 3.8) is 0 Å². The zero-order chi connectivity index (χ0) is 26.2. The normalized spacial score (nSPS) is 26.4. The van der Waals surface area contributed by atoms with Crippen LogP contribution in [0.4, 0.5) is 4.39 Å². The number of nitrogens with two attached hydrogens (primary N) is 1. The monoisotopic (exact) mass is 514 g/mol. The van der Waals surface area contributed by atoms with Crippen LogP contribution >= 0.6 is 0 Å². The number of rotatable bonds is 6. The molecule has 2 amide bonds. The van der Waals surface area contributed by atoms with Crippen LogP contribution in [-0.2, 0) is 9.59 Å². The Hall–Kier alpha value is -3.36. The highest BCUT2D eigenvalue weighted by atomic mass is 19.1. The standard InChI is InChI=1S/C30H31FN4O3/c31-25-13-23(22-4-3-20-11-18(14-32)1-2-21(20)12-22)5-6-24(25)26-33-29(7-8-29)27(36)35(26)17-19-15-34(16-19)28(37)30(38)9-10-30/h1-6,11,13,19,21,38H,7-10,12,14-17,32H2. The minimum atomic E-state index is -1.17. The third-order valence-electron chi connectivity index (χ3n) is 8.81. The summed E-state index contributed by atoms with van der Waals surface area (Å²) in [5, 5.41) is 10.1. The summed E-state index contributed by atoms with van der Waals surface area (Å²) >= 11 is 0. The third-order valence-corrected chi connectivity index (χ3v) is 8.81. The molecule has 1 aromatic rings. The zero-order valence-electron chi connectivity index (χ0n) is 21.2. The molecule has 7 rings (SSSR count). The number of aliphatic hydroxyl groups is 1. The van der Waals surface area contributed by atoms with Crippen LogP contribution in [0.25, 0.3) is 5.57 Å². The summed E-state index contributed by atoms with van der Waals surface area (Å²) in [5.74, 6) is 0.0643. The Morgan fingerprint density at radius 3 is 2.66 bits per heavy atom. The first-order chi connectivity index (χ1) is 18.3. The molecule has 8 heteroatoms. The van der Waals surface area contributed by atoms with Crippen molar-refractivity contribution in [2.75, 3.05) is 26.2 Å². The number of nitrogens with zero attached hydrogens (tertiary/aromatic N) is 3. The van der Waals surface area contributed by atoms with Gasteiger partial charge in [0.25, 0.3) is 11.8 Å². The van der Waals surface area contributed by atoms with Crippen LogP contribution in [0.15, 0.2) is 64.7 Å². The van der Waals surface area contributed by atoms with Crippen LogP contribution in [-0.4, -0.2) is 69.9 Å². The van der Waals surface area contributed by atoms with Crippen LogP contribution in [0.1, 0.15) is 43.2 Å². The van der Waals surface area contributed by atoms with Crippen molar-refractivity contribution in [2.24, 2.45) is 22.6 Å². The van der Waals surface area contributed by atoms with Crippen molar-refractivity contribution in [3.8, 4) is 0 Å². The molecule has 0 radical (unpaired) electrons. The Morgan fingerprint density at radius 2 is 1.97 bits per heavy atom. The molecular weight excluding hydrogens is 483 g/mol. The van der Waals surface area contributed by atoms with Crippen molar-refractivity contribution in [1.82, 2.24) is 9.80 Å². The summed E-state index contributed by atoms with van der Waals surface area (Å²) in [4.78, 5) is 33.7. The summed E-state index contributed by atoms with van der Waals surface area (Å²) in [6, 6.07) is 5.21. The average Bonchev–Trinajstić information content (AvgIpc) is 3.82. The van der Waals surface area contributed by atoms with E-state index in [9.17, 15) is 14.7 Å². The minimum absolute atomic E-state index is 0.0665. The lowest BCUT2D eigenvalue weighted by molar-refractivity contribution is -0.149. The quantitative estimate of drug-likeness (QED) is 0.610. The fourth-order valence-corrected chi connectivity index (χ4v) is 6.03. The van der Waals surface area contributed by atoms with Crippen LogP contribution in [0.3, 0.4) is 0 Å². The first-order valence-corrected chi connectivity index (χ1v) is 13.5. The molecule has 3 N–H and O–H groups in total. The van der Waals surface area contributed by atoms with Gasteiger partial charge in [0.2, 0.25) is 0 Å². The van der Waals surface area contributed by atoms with Gasteiger partial charge in [0.1, 0.15) is 22.8 Å². The fourth-order valence-electron chi connectivity index (χ4n) is 6.03. The van der Waals surface area contributed by atoms with Gasteiger partial charge in [-0.2, -0.15) is 0 Å². The molecule has 0 aromatic heterocycles. The van der Waals surface area contributed by atoms with E-state index < -0.39 is 17.0 Å². The molecule has 1 atom stereocenters. The highest BCUT2D eigenvalue weighted by Crippen LogP contribution is 2.47. The average molecular weight is 515 g/mol. The van der Waals surface area contributed by atoms with Gasteiger partial charge in [-0.05, 0) is 66.5 Å². The summed E-state index contributed by atoms with van der Waals surface area (Å²) in [5.41, 5.74) is 8.42. The molecule has 1 spiro atoms. The van der Waals surface area contributed by atoms with Gasteiger partial charge in [0, 0.05) is 38.0 Å². The SMILES string of the molecule is NCC1=CC2=CC=C(c3ccc(C4=NC5(CC5)C(=O)N4CC4CN(C(=O)C5(O)CC5)C4)c(F)c3)CC2C=C1. The molecule has 1 aromatic carbocycles. The van der Waals surface area contributed by atoms with E-state index in [1.165, 1.54) is 5.57 Å². The Kier molecular flexibility index (Phi) is 5.20. The Labute approximate surface area is 220 Å². The van der Waals surface area contributed by atoms with E-state index in [1.807, 2.05) is 12.1 Å². The van der Waals surface area contributed by atoms with Crippen molar-refractivity contribution < 1.29 is 19.1 Å². The lowest BCUT2D eigenvalue weighted by Crippen LogP contribution is -2.57. The van der Waals surface area contributed by atoms with Gasteiger partial charge in [0.05, 0.1) is 5.56 Å². The van der Waals surface area contributed by atoms with Crippen LogP contribution in [0, 0.1) is 17.7 Å². The molecule has 2 aliphatic heterocycles. The largest absolute Gasteiger partial charge is 0.380 e. The van der Waals surface area contributed by atoms with E-state index >= 15 is 4.39 Å². The first kappa shape index (κ1) is 23.7. The number of amides is 2. The van der Waals surface area contributed by atoms with Gasteiger partial charge in [0.15, 0.2) is 0 Å². The predicted octanol–water partition coefficient (Wildman–Crippen LogP) is 2.72. The second kappa shape index (κ2) is 8.32. The summed E-state index contributed by atoms with van der Waals surface area (Å²) < 4.78 is 15.6. The molecule has 196 valence electrons. The summed E-state index contributed by atoms with van der Waals surface area (Å²) in [6.07, 6.45) is 13.7. The number of carbonyl (C=O) groups is 2. The number of hydrogen-bond acceptors (Lipinski definition) is 5. The van der Waals surface area contributed by atoms with Gasteiger partial charge in [-0.15, -0.1) is 0 Å². The lowest BCUT2D eigenvalue weighted by Gasteiger charge is -2.42. The maximum Gasteiger partial charge on any atom is 0.256 e. The molecule has 7 nitrogen and oxygen atoms in total. The Bertz CT molecular complexity index is 1410. The first-order valence-electron chi connectivity index (χ1n) is 13.5. The zero-order valence-corrected chi connectivity index (χ0v) is 21.2. The molecule has 4 aliphatic carbocycles. The van der Waals surface area contributed by atoms with Crippen LogP contribution in [0.2, 0.25) is 0 Å². The lowest BCUT2D eigenvalue weighted by atomic mass is 9.81. The molecule has 3 fully saturated rings. The van der Waals surface area contributed by atoms with Crippen LogP contribution < -0.4 is 5.73 Å². The number of amidine groups is 1. The number of likely N-dealkylation sites (tertiary alicyclic amines) is 1. The molecule has 2 saturated carbocycles. The molecule has 38 heavy (non-hydrogen) atoms. The van der Waals surface area contributed by atoms with E-state index in [1.54, 1.807) is 21.9 Å². The van der Waals surface area contributed by atoms with E-state index in [0.717, 1.165) is 23.1 Å². The van der Waals surface area contributed by atoms with E-state index in [0.29, 0.717) is 63.3 Å². The number of hydrogen-bond donors (Lipinski definition) is 2. The Morgan fingerprint density at radius 1 is 1.18 bits per heavy atom. The highest BCUT2D eigenvalue weighted by molar-refractivity contribution is 6.16. The molecule has 1 unspecified atom stereocenters. The van der Waals surface area contributed by atoms with Gasteiger partial charge in [-0.1, -0.05) is 36.4 Å². The number of carbonyl (C=O) groups excluding carboxylic acids is 2. The summed E-state index contributed by atoms with van der Waals surface area (Å²) in [7, 11) is 0. The van der Waals surface area contributed by atoms with Gasteiger partial charge < -0.3 is 15.7 Å². The smallest absolute Gasteiger partial charge is 0.256 e. The molecular formula is C30H31FN4O3. The van der Waals surface area contributed by atoms with E-state index in [2.05, 4.69) is 24.3 Å². The number of allylic oxidation sites excluding steroid dienone is 6. The number of fused-ring (bicyclic) bond motifs is 1. The van der Waals surface area contributed by atoms with Gasteiger partial charge in [-0.3, -0.25) is 19.5 Å². The van der Waals surface area contributed by atoms with Crippen molar-refractivity contribution >= 4 is 23.2 Å². The molecule has 0 bridgehead atoms. The second-order valence-electron chi connectivity index (χ2n) is 11.6. The van der Waals surface area contributed by atoms with Crippen molar-refractivity contribution in [1.29, 1.82) is 0 Å². The maximum atomic E-state index is 15.6. The minimum Gasteiger partial charge on any atom is -0.380 e. The fraction of sp³-hybridized carbons (Fsp3) is 0.433. The van der Waals surface area contributed by atoms with E-state index in [-0.39, 0.29) is 23.7 Å². The molecule has 6 aliphatic rings.